The van der Waals surface area contributed by atoms with Crippen LogP contribution in [0.5, 0.6) is 0 Å². The number of hydrogen-bond donors (Lipinski definition) is 1. The molecule has 0 aliphatic heterocycles. The van der Waals surface area contributed by atoms with Crippen LogP contribution in [0.2, 0.25) is 0 Å². The summed E-state index contributed by atoms with van der Waals surface area (Å²) in [5, 5.41) is 9.17. The maximum atomic E-state index is 13.8. The van der Waals surface area contributed by atoms with E-state index in [-0.39, 0.29) is 34.7 Å². The van der Waals surface area contributed by atoms with E-state index in [9.17, 15) is 22.3 Å². The van der Waals surface area contributed by atoms with E-state index in [4.69, 9.17) is 0 Å². The van der Waals surface area contributed by atoms with Gasteiger partial charge in [0.05, 0.1) is 10.6 Å². The highest BCUT2D eigenvalue weighted by Crippen LogP contribution is 2.33. The first kappa shape index (κ1) is 18.0. The smallest absolute Gasteiger partial charge is 0.178 e. The monoisotopic (exact) mass is 366 g/mol. The Morgan fingerprint density at radius 3 is 2.28 bits per heavy atom. The third kappa shape index (κ3) is 4.07. The molecule has 2 aromatic carbocycles. The van der Waals surface area contributed by atoms with Crippen molar-refractivity contribution < 1.29 is 22.3 Å². The molecule has 0 unspecified atom stereocenters. The van der Waals surface area contributed by atoms with Gasteiger partial charge < -0.3 is 5.11 Å². The second-order valence-corrected chi connectivity index (χ2v) is 8.69. The summed E-state index contributed by atoms with van der Waals surface area (Å²) in [6.07, 6.45) is 2.40. The first-order chi connectivity index (χ1) is 11.9. The Morgan fingerprint density at radius 1 is 1.00 bits per heavy atom. The molecular weight excluding hydrogens is 346 g/mol. The lowest BCUT2D eigenvalue weighted by atomic mass is 10.1. The molecule has 2 aromatic rings. The van der Waals surface area contributed by atoms with Crippen LogP contribution in [-0.4, -0.2) is 25.9 Å². The van der Waals surface area contributed by atoms with Crippen molar-refractivity contribution in [3.05, 3.63) is 54.1 Å². The second kappa shape index (κ2) is 7.22. The van der Waals surface area contributed by atoms with Crippen molar-refractivity contribution in [2.45, 2.75) is 24.2 Å². The van der Waals surface area contributed by atoms with Gasteiger partial charge in [-0.15, -0.1) is 0 Å². The number of rotatable bonds is 5. The van der Waals surface area contributed by atoms with E-state index in [1.54, 1.807) is 0 Å². The maximum Gasteiger partial charge on any atom is 0.178 e. The Balaban J connectivity index is 1.77. The molecular formula is C19H20F2O3S. The van der Waals surface area contributed by atoms with E-state index in [1.165, 1.54) is 36.4 Å². The fourth-order valence-corrected chi connectivity index (χ4v) is 5.13. The zero-order chi connectivity index (χ0) is 18.0. The van der Waals surface area contributed by atoms with Crippen molar-refractivity contribution in [1.29, 1.82) is 0 Å². The standard InChI is InChI=1S/C19H20F2O3S/c20-16-5-8-18(19(21)10-16)15-3-6-17(7-4-15)25(23,24)12-14-2-1-13(9-14)11-22/h3-8,10,13-14,22H,1-2,9,11-12H2/t13-,14-/m1/s1. The van der Waals surface area contributed by atoms with E-state index in [2.05, 4.69) is 0 Å². The molecule has 0 amide bonds. The number of aliphatic hydroxyl groups excluding tert-OH is 1. The van der Waals surface area contributed by atoms with Gasteiger partial charge in [0.2, 0.25) is 0 Å². The van der Waals surface area contributed by atoms with Crippen LogP contribution in [0, 0.1) is 23.5 Å². The summed E-state index contributed by atoms with van der Waals surface area (Å²) in [6.45, 7) is 0.106. The summed E-state index contributed by atoms with van der Waals surface area (Å²) in [5.74, 6) is -1.01. The average molecular weight is 366 g/mol. The summed E-state index contributed by atoms with van der Waals surface area (Å²) >= 11 is 0. The molecule has 134 valence electrons. The minimum Gasteiger partial charge on any atom is -0.396 e. The Labute approximate surface area is 146 Å². The van der Waals surface area contributed by atoms with Crippen LogP contribution in [0.15, 0.2) is 47.4 Å². The molecule has 0 saturated heterocycles. The van der Waals surface area contributed by atoms with E-state index in [0.717, 1.165) is 25.3 Å². The van der Waals surface area contributed by atoms with Crippen molar-refractivity contribution >= 4 is 9.84 Å². The quantitative estimate of drug-likeness (QED) is 0.875. The third-order valence-electron chi connectivity index (χ3n) is 4.82. The lowest BCUT2D eigenvalue weighted by Crippen LogP contribution is -2.15. The minimum atomic E-state index is -3.43. The van der Waals surface area contributed by atoms with Crippen LogP contribution in [-0.2, 0) is 9.84 Å². The Morgan fingerprint density at radius 2 is 1.68 bits per heavy atom. The molecule has 0 radical (unpaired) electrons. The van der Waals surface area contributed by atoms with Gasteiger partial charge in [0.1, 0.15) is 11.6 Å². The summed E-state index contributed by atoms with van der Waals surface area (Å²) < 4.78 is 51.9. The molecule has 6 heteroatoms. The van der Waals surface area contributed by atoms with Crippen LogP contribution < -0.4 is 0 Å². The Bertz CT molecular complexity index is 847. The lowest BCUT2D eigenvalue weighted by molar-refractivity contribution is 0.227. The molecule has 1 N–H and O–H groups in total. The van der Waals surface area contributed by atoms with Gasteiger partial charge in [-0.2, -0.15) is 0 Å². The van der Waals surface area contributed by atoms with Crippen LogP contribution in [0.1, 0.15) is 19.3 Å². The highest BCUT2D eigenvalue weighted by Gasteiger charge is 2.29. The van der Waals surface area contributed by atoms with Crippen molar-refractivity contribution in [1.82, 2.24) is 0 Å². The molecule has 0 spiro atoms. The van der Waals surface area contributed by atoms with Crippen molar-refractivity contribution in [2.24, 2.45) is 11.8 Å². The van der Waals surface area contributed by atoms with Crippen LogP contribution in [0.4, 0.5) is 8.78 Å². The molecule has 25 heavy (non-hydrogen) atoms. The highest BCUT2D eigenvalue weighted by atomic mass is 32.2. The van der Waals surface area contributed by atoms with Crippen molar-refractivity contribution in [2.75, 3.05) is 12.4 Å². The van der Waals surface area contributed by atoms with Crippen LogP contribution >= 0.6 is 0 Å². The molecule has 0 aromatic heterocycles. The predicted octanol–water partition coefficient (Wildman–Crippen LogP) is 3.81. The molecule has 1 saturated carbocycles. The van der Waals surface area contributed by atoms with E-state index >= 15 is 0 Å². The topological polar surface area (TPSA) is 54.4 Å². The predicted molar refractivity (Wildman–Crippen MR) is 91.8 cm³/mol. The van der Waals surface area contributed by atoms with Crippen molar-refractivity contribution in [3.63, 3.8) is 0 Å². The summed E-state index contributed by atoms with van der Waals surface area (Å²) in [6, 6.07) is 9.31. The van der Waals surface area contributed by atoms with Gasteiger partial charge in [0.25, 0.3) is 0 Å². The van der Waals surface area contributed by atoms with Gasteiger partial charge in [-0.25, -0.2) is 17.2 Å². The third-order valence-corrected chi connectivity index (χ3v) is 6.72. The largest absolute Gasteiger partial charge is 0.396 e. The van der Waals surface area contributed by atoms with Crippen LogP contribution in [0.25, 0.3) is 11.1 Å². The van der Waals surface area contributed by atoms with Gasteiger partial charge in [0, 0.05) is 18.2 Å². The number of halogens is 2. The van der Waals surface area contributed by atoms with Crippen LogP contribution in [0.3, 0.4) is 0 Å². The van der Waals surface area contributed by atoms with Gasteiger partial charge in [-0.05, 0) is 60.9 Å². The summed E-state index contributed by atoms with van der Waals surface area (Å²) in [4.78, 5) is 0.200. The zero-order valence-electron chi connectivity index (χ0n) is 13.7. The first-order valence-corrected chi connectivity index (χ1v) is 9.93. The highest BCUT2D eigenvalue weighted by molar-refractivity contribution is 7.91. The fraction of sp³-hybridized carbons (Fsp3) is 0.368. The number of hydrogen-bond acceptors (Lipinski definition) is 3. The van der Waals surface area contributed by atoms with E-state index < -0.39 is 21.5 Å². The molecule has 2 atom stereocenters. The van der Waals surface area contributed by atoms with Gasteiger partial charge in [-0.1, -0.05) is 12.1 Å². The molecule has 3 rings (SSSR count). The van der Waals surface area contributed by atoms with Gasteiger partial charge in [-0.3, -0.25) is 0 Å². The van der Waals surface area contributed by atoms with E-state index in [1.807, 2.05) is 0 Å². The van der Waals surface area contributed by atoms with E-state index in [0.29, 0.717) is 5.56 Å². The van der Waals surface area contributed by atoms with Gasteiger partial charge >= 0.3 is 0 Å². The first-order valence-electron chi connectivity index (χ1n) is 8.28. The Hall–Kier alpha value is -1.79. The molecule has 1 aliphatic carbocycles. The molecule has 0 bridgehead atoms. The Kier molecular flexibility index (Phi) is 5.20. The summed E-state index contributed by atoms with van der Waals surface area (Å²) in [5.41, 5.74) is 0.726. The van der Waals surface area contributed by atoms with Crippen molar-refractivity contribution in [3.8, 4) is 11.1 Å². The molecule has 0 heterocycles. The van der Waals surface area contributed by atoms with Gasteiger partial charge in [0.15, 0.2) is 9.84 Å². The molecule has 1 fully saturated rings. The summed E-state index contributed by atoms with van der Waals surface area (Å²) in [7, 11) is -3.43. The number of sulfone groups is 1. The zero-order valence-corrected chi connectivity index (χ0v) is 14.5. The molecule has 1 aliphatic rings. The number of benzene rings is 2. The fourth-order valence-electron chi connectivity index (χ4n) is 3.47. The SMILES string of the molecule is O=S(=O)(C[C@@H]1CC[C@@H](CO)C1)c1ccc(-c2ccc(F)cc2F)cc1. The second-order valence-electron chi connectivity index (χ2n) is 6.66. The normalized spacial score (nSPS) is 20.8. The molecule has 3 nitrogen and oxygen atoms in total. The average Bonchev–Trinajstić information content (AvgIpc) is 3.02. The minimum absolute atomic E-state index is 0.0633. The lowest BCUT2D eigenvalue weighted by Gasteiger charge is -2.12. The maximum absolute atomic E-state index is 13.8. The number of aliphatic hydroxyl groups is 1.